The number of alkyl halides is 2. The minimum absolute atomic E-state index is 0.136. The molecule has 0 aliphatic heterocycles. The molecule has 0 aliphatic rings. The Labute approximate surface area is 238 Å². The van der Waals surface area contributed by atoms with Crippen molar-refractivity contribution in [2.24, 2.45) is 0 Å². The smallest absolute Gasteiger partial charge is 0.123 e. The summed E-state index contributed by atoms with van der Waals surface area (Å²) in [6.07, 6.45) is -1.33. The van der Waals surface area contributed by atoms with Crippen molar-refractivity contribution in [3.05, 3.63) is 40.1 Å². The Hall–Kier alpha value is 0.420. The fourth-order valence-corrected chi connectivity index (χ4v) is 5.84. The molecule has 0 aliphatic carbocycles. The van der Waals surface area contributed by atoms with Gasteiger partial charge in [-0.2, -0.15) is 0 Å². The van der Waals surface area contributed by atoms with Crippen LogP contribution >= 0.6 is 86.9 Å². The van der Waals surface area contributed by atoms with Crippen LogP contribution in [0.1, 0.15) is 22.3 Å². The maximum absolute atomic E-state index is 10.2. The summed E-state index contributed by atoms with van der Waals surface area (Å²) in [7, 11) is 0. The van der Waals surface area contributed by atoms with E-state index in [2.05, 4.69) is 63.7 Å². The van der Waals surface area contributed by atoms with E-state index in [9.17, 15) is 10.2 Å². The highest BCUT2D eigenvalue weighted by Gasteiger charge is 2.24. The Morgan fingerprint density at radius 3 is 1.09 bits per heavy atom. The number of aliphatic hydroxyl groups is 2. The van der Waals surface area contributed by atoms with Crippen LogP contribution in [0.2, 0.25) is 0 Å². The summed E-state index contributed by atoms with van der Waals surface area (Å²) in [6.45, 7) is 7.73. The fraction of sp³-hybridized carbons (Fsp3) is 0.455. The fourth-order valence-electron chi connectivity index (χ4n) is 2.79. The Bertz CT molecular complexity index is 853. The number of halogens is 6. The van der Waals surface area contributed by atoms with Crippen LogP contribution in [0.4, 0.5) is 0 Å². The molecular weight excluding hydrogens is 735 g/mol. The second-order valence-corrected chi connectivity index (χ2v) is 11.1. The average molecular weight is 761 g/mol. The molecule has 2 unspecified atom stereocenters. The van der Waals surface area contributed by atoms with E-state index in [-0.39, 0.29) is 36.5 Å². The molecule has 0 heterocycles. The van der Waals surface area contributed by atoms with Gasteiger partial charge in [-0.05, 0) is 91.4 Å². The summed E-state index contributed by atoms with van der Waals surface area (Å²) in [6, 6.07) is 0. The number of hydrogen-bond acceptors (Lipinski definition) is 5. The van der Waals surface area contributed by atoms with E-state index < -0.39 is 12.2 Å². The van der Waals surface area contributed by atoms with Crippen LogP contribution in [0, 0.1) is 27.7 Å². The summed E-state index contributed by atoms with van der Waals surface area (Å²) in [5.41, 5.74) is 4.96. The summed E-state index contributed by atoms with van der Waals surface area (Å²) in [5, 5.41) is 38.2. The lowest BCUT2D eigenvalue weighted by Crippen LogP contribution is -2.23. The first-order chi connectivity index (χ1) is 15.3. The maximum Gasteiger partial charge on any atom is 0.123 e. The van der Waals surface area contributed by atoms with Gasteiger partial charge in [-0.25, -0.2) is 0 Å². The normalized spacial score (nSPS) is 12.8. The molecule has 11 heteroatoms. The summed E-state index contributed by atoms with van der Waals surface area (Å²) >= 11 is 24.9. The molecule has 0 saturated carbocycles. The third-order valence-electron chi connectivity index (χ3n) is 4.84. The zero-order chi connectivity index (χ0) is 25.6. The van der Waals surface area contributed by atoms with Gasteiger partial charge in [0.25, 0.3) is 0 Å². The molecular formula is C22H26Br4Cl2O5. The third kappa shape index (κ3) is 7.70. The van der Waals surface area contributed by atoms with Crippen LogP contribution in [0.5, 0.6) is 11.5 Å². The molecule has 0 bridgehead atoms. The largest absolute Gasteiger partial charge is 0.507 e. The molecule has 0 fully saturated rings. The number of phenols is 2. The van der Waals surface area contributed by atoms with Gasteiger partial charge >= 0.3 is 0 Å². The Balaban J connectivity index is 0.000000420. The SMILES string of the molecule is Cc1c(O)c(C)c(Br)c(-c2c(Br)c(C)c(O)c(C)c2Br)c1Br.OC(CCl)COCC(O)CCl. The van der Waals surface area contributed by atoms with E-state index in [1.54, 1.807) is 0 Å². The quantitative estimate of drug-likeness (QED) is 0.224. The van der Waals surface area contributed by atoms with Crippen LogP contribution in [-0.4, -0.2) is 57.6 Å². The predicted octanol–water partition coefficient (Wildman–Crippen LogP) is 7.25. The third-order valence-corrected chi connectivity index (χ3v) is 9.52. The zero-order valence-corrected chi connectivity index (χ0v) is 26.3. The van der Waals surface area contributed by atoms with Crippen molar-refractivity contribution in [3.63, 3.8) is 0 Å². The highest BCUT2D eigenvalue weighted by atomic mass is 79.9. The van der Waals surface area contributed by atoms with Crippen molar-refractivity contribution in [2.75, 3.05) is 25.0 Å². The number of aliphatic hydroxyl groups excluding tert-OH is 2. The highest BCUT2D eigenvalue weighted by molar-refractivity contribution is 9.11. The number of benzene rings is 2. The Kier molecular flexibility index (Phi) is 13.6. The lowest BCUT2D eigenvalue weighted by atomic mass is 9.96. The van der Waals surface area contributed by atoms with Crippen molar-refractivity contribution < 1.29 is 25.2 Å². The summed E-state index contributed by atoms with van der Waals surface area (Å²) < 4.78 is 8.12. The Morgan fingerprint density at radius 1 is 0.636 bits per heavy atom. The standard InChI is InChI=1S/C16H14Br4O2.C6H12Cl2O3/c1-5-11(17)9(12(18)6(2)15(5)21)10-13(19)7(3)16(22)8(4)14(10)20;7-1-5(9)3-11-4-6(10)2-8/h21-22H,1-4H3;5-6,9-10H,1-4H2. The number of hydrogen-bond donors (Lipinski definition) is 4. The van der Waals surface area contributed by atoms with Gasteiger partial charge in [0.2, 0.25) is 0 Å². The first kappa shape index (κ1) is 31.4. The molecule has 0 spiro atoms. The lowest BCUT2D eigenvalue weighted by molar-refractivity contribution is 0.00593. The summed E-state index contributed by atoms with van der Waals surface area (Å²) in [5.74, 6) is 0.803. The van der Waals surface area contributed by atoms with Crippen LogP contribution < -0.4 is 0 Å². The number of phenolic OH excluding ortho intramolecular Hbond substituents is 2. The van der Waals surface area contributed by atoms with E-state index in [0.29, 0.717) is 0 Å². The second-order valence-electron chi connectivity index (χ2n) is 7.36. The topological polar surface area (TPSA) is 90.2 Å². The molecule has 5 nitrogen and oxygen atoms in total. The Morgan fingerprint density at radius 2 is 0.879 bits per heavy atom. The molecule has 4 N–H and O–H groups in total. The highest BCUT2D eigenvalue weighted by Crippen LogP contribution is 2.51. The van der Waals surface area contributed by atoms with Gasteiger partial charge in [0.1, 0.15) is 11.5 Å². The zero-order valence-electron chi connectivity index (χ0n) is 18.4. The number of rotatable bonds is 7. The van der Waals surface area contributed by atoms with E-state index in [1.165, 1.54) is 0 Å². The van der Waals surface area contributed by atoms with Crippen LogP contribution in [0.15, 0.2) is 17.9 Å². The van der Waals surface area contributed by atoms with Gasteiger partial charge in [0.05, 0.1) is 37.2 Å². The van der Waals surface area contributed by atoms with Gasteiger partial charge in [0, 0.05) is 51.3 Å². The molecule has 2 aromatic rings. The van der Waals surface area contributed by atoms with E-state index in [0.717, 1.165) is 51.3 Å². The molecule has 0 radical (unpaired) electrons. The monoisotopic (exact) mass is 756 g/mol. The molecule has 186 valence electrons. The van der Waals surface area contributed by atoms with Crippen molar-refractivity contribution in [3.8, 4) is 22.6 Å². The summed E-state index contributed by atoms with van der Waals surface area (Å²) in [4.78, 5) is 0. The maximum atomic E-state index is 10.2. The minimum Gasteiger partial charge on any atom is -0.507 e. The lowest BCUT2D eigenvalue weighted by Gasteiger charge is -2.20. The van der Waals surface area contributed by atoms with Crippen LogP contribution in [0.25, 0.3) is 11.1 Å². The van der Waals surface area contributed by atoms with Gasteiger partial charge in [-0.1, -0.05) is 0 Å². The van der Waals surface area contributed by atoms with Gasteiger partial charge in [-0.3, -0.25) is 0 Å². The molecule has 33 heavy (non-hydrogen) atoms. The predicted molar refractivity (Wildman–Crippen MR) is 149 cm³/mol. The first-order valence-electron chi connectivity index (χ1n) is 9.71. The van der Waals surface area contributed by atoms with Gasteiger partial charge in [0.15, 0.2) is 0 Å². The van der Waals surface area contributed by atoms with Crippen LogP contribution in [0.3, 0.4) is 0 Å². The molecule has 2 rings (SSSR count). The second kappa shape index (κ2) is 14.2. The molecule has 0 amide bonds. The average Bonchev–Trinajstić information content (AvgIpc) is 2.81. The van der Waals surface area contributed by atoms with E-state index in [1.807, 2.05) is 27.7 Å². The molecule has 0 aromatic heterocycles. The molecule has 2 aromatic carbocycles. The first-order valence-corrected chi connectivity index (χ1v) is 14.0. The molecule has 2 atom stereocenters. The molecule has 0 saturated heterocycles. The van der Waals surface area contributed by atoms with Crippen molar-refractivity contribution in [1.29, 1.82) is 0 Å². The minimum atomic E-state index is -0.667. The van der Waals surface area contributed by atoms with Gasteiger partial charge < -0.3 is 25.2 Å². The van der Waals surface area contributed by atoms with Crippen LogP contribution in [-0.2, 0) is 4.74 Å². The number of aromatic hydroxyl groups is 2. The van der Waals surface area contributed by atoms with Crippen molar-refractivity contribution in [2.45, 2.75) is 39.9 Å². The van der Waals surface area contributed by atoms with Crippen molar-refractivity contribution >= 4 is 86.9 Å². The van der Waals surface area contributed by atoms with Gasteiger partial charge in [-0.15, -0.1) is 23.2 Å². The van der Waals surface area contributed by atoms with Crippen molar-refractivity contribution in [1.82, 2.24) is 0 Å². The number of ether oxygens (including phenoxy) is 1. The van der Waals surface area contributed by atoms with E-state index in [4.69, 9.17) is 38.2 Å². The van der Waals surface area contributed by atoms with E-state index >= 15 is 0 Å².